The van der Waals surface area contributed by atoms with Crippen LogP contribution in [0.2, 0.25) is 0 Å². The molecule has 0 saturated heterocycles. The average molecular weight is 371 g/mol. The standard InChI is InChI=1S/C19H17NO7/c1-24-14-9-13(10-15-17(14)26-8-7-25-15)19(23)27-11-16(21)20-18(22)12-5-3-2-4-6-12/h2-6,9-10H,7-8,11H2,1H3,(H,20,21,22). The maximum atomic E-state index is 12.2. The molecule has 0 aromatic heterocycles. The average Bonchev–Trinajstić information content (AvgIpc) is 2.71. The Balaban J connectivity index is 1.60. The van der Waals surface area contributed by atoms with Gasteiger partial charge < -0.3 is 18.9 Å². The van der Waals surface area contributed by atoms with E-state index in [1.165, 1.54) is 19.2 Å². The van der Waals surface area contributed by atoms with Crippen LogP contribution in [-0.4, -0.2) is 44.7 Å². The van der Waals surface area contributed by atoms with Gasteiger partial charge in [0.1, 0.15) is 13.2 Å². The Bertz CT molecular complexity index is 847. The maximum absolute atomic E-state index is 12.2. The molecule has 0 atom stereocenters. The summed E-state index contributed by atoms with van der Waals surface area (Å²) in [7, 11) is 1.44. The molecule has 8 heteroatoms. The molecule has 0 spiro atoms. The Kier molecular flexibility index (Phi) is 5.55. The molecule has 27 heavy (non-hydrogen) atoms. The largest absolute Gasteiger partial charge is 0.493 e. The first-order valence-electron chi connectivity index (χ1n) is 8.12. The zero-order chi connectivity index (χ0) is 19.2. The Morgan fingerprint density at radius 3 is 2.52 bits per heavy atom. The van der Waals surface area contributed by atoms with Crippen molar-refractivity contribution in [2.24, 2.45) is 0 Å². The summed E-state index contributed by atoms with van der Waals surface area (Å²) in [4.78, 5) is 36.0. The lowest BCUT2D eigenvalue weighted by Gasteiger charge is -2.21. The molecule has 8 nitrogen and oxygen atoms in total. The summed E-state index contributed by atoms with van der Waals surface area (Å²) in [5, 5.41) is 2.15. The summed E-state index contributed by atoms with van der Waals surface area (Å²) in [5.74, 6) is -0.974. The number of benzene rings is 2. The smallest absolute Gasteiger partial charge is 0.338 e. The van der Waals surface area contributed by atoms with Crippen LogP contribution in [0.15, 0.2) is 42.5 Å². The monoisotopic (exact) mass is 371 g/mol. The lowest BCUT2D eigenvalue weighted by Crippen LogP contribution is -2.34. The van der Waals surface area contributed by atoms with Gasteiger partial charge in [-0.25, -0.2) is 4.79 Å². The van der Waals surface area contributed by atoms with E-state index in [-0.39, 0.29) is 5.56 Å². The number of imide groups is 1. The van der Waals surface area contributed by atoms with Crippen LogP contribution in [0.4, 0.5) is 0 Å². The van der Waals surface area contributed by atoms with Gasteiger partial charge in [0, 0.05) is 5.56 Å². The molecule has 3 rings (SSSR count). The molecule has 2 aromatic rings. The first-order chi connectivity index (χ1) is 13.1. The summed E-state index contributed by atoms with van der Waals surface area (Å²) in [6, 6.07) is 11.1. The SMILES string of the molecule is COc1cc(C(=O)OCC(=O)NC(=O)c2ccccc2)cc2c1OCCO2. The molecule has 1 heterocycles. The van der Waals surface area contributed by atoms with Gasteiger partial charge in [-0.15, -0.1) is 0 Å². The van der Waals surface area contributed by atoms with Crippen LogP contribution in [0, 0.1) is 0 Å². The highest BCUT2D eigenvalue weighted by Crippen LogP contribution is 2.40. The number of fused-ring (bicyclic) bond motifs is 1. The molecular formula is C19H17NO7. The number of amides is 2. The van der Waals surface area contributed by atoms with Crippen molar-refractivity contribution in [3.05, 3.63) is 53.6 Å². The molecular weight excluding hydrogens is 354 g/mol. The van der Waals surface area contributed by atoms with Gasteiger partial charge in [-0.3, -0.25) is 14.9 Å². The van der Waals surface area contributed by atoms with Gasteiger partial charge in [0.25, 0.3) is 11.8 Å². The van der Waals surface area contributed by atoms with Crippen molar-refractivity contribution >= 4 is 17.8 Å². The van der Waals surface area contributed by atoms with Gasteiger partial charge >= 0.3 is 5.97 Å². The van der Waals surface area contributed by atoms with Crippen LogP contribution in [0.5, 0.6) is 17.2 Å². The second-order valence-electron chi connectivity index (χ2n) is 5.52. The number of carbonyl (C=O) groups excluding carboxylic acids is 3. The Morgan fingerprint density at radius 2 is 1.78 bits per heavy atom. The Hall–Kier alpha value is -3.55. The predicted molar refractivity (Wildman–Crippen MR) is 93.2 cm³/mol. The van der Waals surface area contributed by atoms with Gasteiger partial charge in [-0.05, 0) is 24.3 Å². The van der Waals surface area contributed by atoms with E-state index in [0.29, 0.717) is 36.0 Å². The van der Waals surface area contributed by atoms with Crippen molar-refractivity contribution < 1.29 is 33.3 Å². The van der Waals surface area contributed by atoms with Crippen molar-refractivity contribution in [1.29, 1.82) is 0 Å². The number of esters is 1. The van der Waals surface area contributed by atoms with Crippen LogP contribution in [0.25, 0.3) is 0 Å². The van der Waals surface area contributed by atoms with Gasteiger partial charge in [0.15, 0.2) is 18.1 Å². The van der Waals surface area contributed by atoms with Crippen molar-refractivity contribution in [3.63, 3.8) is 0 Å². The molecule has 2 amide bonds. The number of hydrogen-bond acceptors (Lipinski definition) is 7. The molecule has 2 aromatic carbocycles. The highest BCUT2D eigenvalue weighted by molar-refractivity contribution is 6.05. The van der Waals surface area contributed by atoms with Crippen molar-refractivity contribution in [3.8, 4) is 17.2 Å². The van der Waals surface area contributed by atoms with Crippen LogP contribution < -0.4 is 19.5 Å². The number of rotatable bonds is 5. The first-order valence-corrected chi connectivity index (χ1v) is 8.12. The summed E-state index contributed by atoms with van der Waals surface area (Å²) < 4.78 is 21.1. The maximum Gasteiger partial charge on any atom is 0.338 e. The van der Waals surface area contributed by atoms with Gasteiger partial charge in [0.05, 0.1) is 12.7 Å². The van der Waals surface area contributed by atoms with E-state index in [1.807, 2.05) is 0 Å². The molecule has 0 bridgehead atoms. The molecule has 0 aliphatic carbocycles. The van der Waals surface area contributed by atoms with Gasteiger partial charge in [-0.2, -0.15) is 0 Å². The number of methoxy groups -OCH3 is 1. The van der Waals surface area contributed by atoms with Gasteiger partial charge in [0.2, 0.25) is 5.75 Å². The molecule has 1 aliphatic heterocycles. The zero-order valence-corrected chi connectivity index (χ0v) is 14.5. The van der Waals surface area contributed by atoms with Crippen molar-refractivity contribution in [2.45, 2.75) is 0 Å². The van der Waals surface area contributed by atoms with Crippen molar-refractivity contribution in [2.75, 3.05) is 26.9 Å². The third kappa shape index (κ3) is 4.35. The van der Waals surface area contributed by atoms with E-state index in [0.717, 1.165) is 0 Å². The summed E-state index contributed by atoms with van der Waals surface area (Å²) in [5.41, 5.74) is 0.465. The third-order valence-electron chi connectivity index (χ3n) is 3.69. The lowest BCUT2D eigenvalue weighted by atomic mass is 10.1. The minimum atomic E-state index is -0.757. The first kappa shape index (κ1) is 18.2. The summed E-state index contributed by atoms with van der Waals surface area (Å²) >= 11 is 0. The van der Waals surface area contributed by atoms with Crippen LogP contribution in [0.3, 0.4) is 0 Å². The second-order valence-corrected chi connectivity index (χ2v) is 5.52. The number of hydrogen-bond donors (Lipinski definition) is 1. The zero-order valence-electron chi connectivity index (χ0n) is 14.5. The second kappa shape index (κ2) is 8.22. The van der Waals surface area contributed by atoms with Crippen LogP contribution in [-0.2, 0) is 9.53 Å². The number of ether oxygens (including phenoxy) is 4. The summed E-state index contributed by atoms with van der Waals surface area (Å²) in [6.07, 6.45) is 0. The predicted octanol–water partition coefficient (Wildman–Crippen LogP) is 1.58. The highest BCUT2D eigenvalue weighted by atomic mass is 16.6. The summed E-state index contributed by atoms with van der Waals surface area (Å²) in [6.45, 7) is 0.121. The van der Waals surface area contributed by atoms with E-state index < -0.39 is 24.4 Å². The lowest BCUT2D eigenvalue weighted by molar-refractivity contribution is -0.123. The molecule has 0 unspecified atom stereocenters. The molecule has 1 aliphatic rings. The molecule has 0 fully saturated rings. The minimum Gasteiger partial charge on any atom is -0.493 e. The Labute approximate surface area is 155 Å². The fraction of sp³-hybridized carbons (Fsp3) is 0.211. The van der Waals surface area contributed by atoms with Crippen LogP contribution >= 0.6 is 0 Å². The quantitative estimate of drug-likeness (QED) is 0.797. The van der Waals surface area contributed by atoms with Gasteiger partial charge in [-0.1, -0.05) is 18.2 Å². The highest BCUT2D eigenvalue weighted by Gasteiger charge is 2.22. The molecule has 1 N–H and O–H groups in total. The van der Waals surface area contributed by atoms with E-state index >= 15 is 0 Å². The Morgan fingerprint density at radius 1 is 1.04 bits per heavy atom. The molecule has 0 saturated carbocycles. The number of nitrogens with one attached hydrogen (secondary N) is 1. The van der Waals surface area contributed by atoms with E-state index in [1.54, 1.807) is 30.3 Å². The van der Waals surface area contributed by atoms with E-state index in [4.69, 9.17) is 18.9 Å². The van der Waals surface area contributed by atoms with E-state index in [9.17, 15) is 14.4 Å². The fourth-order valence-corrected chi connectivity index (χ4v) is 2.43. The topological polar surface area (TPSA) is 100 Å². The molecule has 0 radical (unpaired) electrons. The third-order valence-corrected chi connectivity index (χ3v) is 3.69. The van der Waals surface area contributed by atoms with Crippen molar-refractivity contribution in [1.82, 2.24) is 5.32 Å². The minimum absolute atomic E-state index is 0.137. The fourth-order valence-electron chi connectivity index (χ4n) is 2.43. The number of carbonyl (C=O) groups is 3. The normalized spacial score (nSPS) is 12.0. The van der Waals surface area contributed by atoms with Crippen LogP contribution in [0.1, 0.15) is 20.7 Å². The molecule has 140 valence electrons. The van der Waals surface area contributed by atoms with E-state index in [2.05, 4.69) is 5.32 Å².